The molecule has 0 bridgehead atoms. The largest absolute Gasteiger partial charge is 0.358 e. The van der Waals surface area contributed by atoms with E-state index < -0.39 is 0 Å². The van der Waals surface area contributed by atoms with Crippen molar-refractivity contribution in [2.45, 2.75) is 32.0 Å². The molecule has 2 atom stereocenters. The van der Waals surface area contributed by atoms with Gasteiger partial charge in [-0.1, -0.05) is 42.3 Å². The van der Waals surface area contributed by atoms with E-state index in [1.165, 1.54) is 5.56 Å². The molecule has 1 aromatic rings. The lowest BCUT2D eigenvalue weighted by molar-refractivity contribution is 0.0349. The summed E-state index contributed by atoms with van der Waals surface area (Å²) in [5.74, 6) is 5.94. The third-order valence-electron chi connectivity index (χ3n) is 2.64. The molecule has 2 rings (SSSR count). The zero-order chi connectivity index (χ0) is 11.2. The van der Waals surface area contributed by atoms with E-state index in [-0.39, 0.29) is 12.2 Å². The van der Waals surface area contributed by atoms with E-state index >= 15 is 0 Å². The summed E-state index contributed by atoms with van der Waals surface area (Å²) in [6.07, 6.45) is 6.40. The second kappa shape index (κ2) is 5.53. The van der Waals surface area contributed by atoms with Gasteiger partial charge >= 0.3 is 0 Å². The molecule has 1 heteroatoms. The van der Waals surface area contributed by atoms with E-state index in [0.717, 1.165) is 12.8 Å². The molecule has 1 aliphatic rings. The van der Waals surface area contributed by atoms with Crippen LogP contribution in [0.5, 0.6) is 0 Å². The smallest absolute Gasteiger partial charge is 0.136 e. The van der Waals surface area contributed by atoms with E-state index in [0.29, 0.717) is 0 Å². The van der Waals surface area contributed by atoms with Gasteiger partial charge in [-0.2, -0.15) is 0 Å². The maximum Gasteiger partial charge on any atom is 0.136 e. The van der Waals surface area contributed by atoms with E-state index in [1.807, 2.05) is 19.1 Å². The van der Waals surface area contributed by atoms with Crippen molar-refractivity contribution in [1.82, 2.24) is 0 Å². The Morgan fingerprint density at radius 2 is 2.12 bits per heavy atom. The molecule has 0 amide bonds. The summed E-state index contributed by atoms with van der Waals surface area (Å²) in [6, 6.07) is 10.5. The molecule has 0 aromatic heterocycles. The van der Waals surface area contributed by atoms with E-state index in [1.54, 1.807) is 0 Å². The molecular weight excluding hydrogens is 196 g/mol. The van der Waals surface area contributed by atoms with Crippen molar-refractivity contribution in [3.05, 3.63) is 48.0 Å². The predicted octanol–water partition coefficient (Wildman–Crippen LogP) is 2.97. The zero-order valence-corrected chi connectivity index (χ0v) is 9.52. The van der Waals surface area contributed by atoms with Crippen LogP contribution in [0.4, 0.5) is 0 Å². The van der Waals surface area contributed by atoms with Crippen molar-refractivity contribution in [3.8, 4) is 11.8 Å². The molecule has 0 radical (unpaired) electrons. The van der Waals surface area contributed by atoms with Crippen LogP contribution in [0.3, 0.4) is 0 Å². The fraction of sp³-hybridized carbons (Fsp3) is 0.333. The van der Waals surface area contributed by atoms with Gasteiger partial charge in [-0.3, -0.25) is 0 Å². The van der Waals surface area contributed by atoms with Gasteiger partial charge in [0.2, 0.25) is 0 Å². The second-order valence-electron chi connectivity index (χ2n) is 3.93. The van der Waals surface area contributed by atoms with Crippen LogP contribution < -0.4 is 0 Å². The van der Waals surface area contributed by atoms with Gasteiger partial charge in [0.25, 0.3) is 0 Å². The summed E-state index contributed by atoms with van der Waals surface area (Å²) in [6.45, 7) is 1.85. The second-order valence-corrected chi connectivity index (χ2v) is 3.93. The molecule has 0 fully saturated rings. The minimum Gasteiger partial charge on any atom is -0.358 e. The summed E-state index contributed by atoms with van der Waals surface area (Å²) in [5.41, 5.74) is 1.33. The number of hydrogen-bond acceptors (Lipinski definition) is 1. The van der Waals surface area contributed by atoms with Crippen molar-refractivity contribution in [2.24, 2.45) is 0 Å². The standard InChI is InChI=1S/C15H16O/c1-2-7-14-10-6-11-15(16-14)12-13-8-4-3-5-9-13/h3-6,8-10,14-15H,11-12H2,1H3/t14-,15+/m1/s1. The van der Waals surface area contributed by atoms with Crippen LogP contribution in [0.1, 0.15) is 18.9 Å². The van der Waals surface area contributed by atoms with Gasteiger partial charge in [0, 0.05) is 0 Å². The van der Waals surface area contributed by atoms with E-state index in [2.05, 4.69) is 42.2 Å². The molecular formula is C15H16O. The molecule has 0 spiro atoms. The average molecular weight is 212 g/mol. The molecule has 0 aliphatic carbocycles. The van der Waals surface area contributed by atoms with E-state index in [4.69, 9.17) is 4.74 Å². The first-order valence-corrected chi connectivity index (χ1v) is 5.67. The molecule has 0 saturated carbocycles. The lowest BCUT2D eigenvalue weighted by Gasteiger charge is -2.23. The summed E-state index contributed by atoms with van der Waals surface area (Å²) in [4.78, 5) is 0. The van der Waals surface area contributed by atoms with Crippen LogP contribution in [-0.4, -0.2) is 12.2 Å². The Morgan fingerprint density at radius 3 is 2.88 bits per heavy atom. The highest BCUT2D eigenvalue weighted by molar-refractivity contribution is 5.18. The van der Waals surface area contributed by atoms with Gasteiger partial charge < -0.3 is 4.74 Å². The number of hydrogen-bond donors (Lipinski definition) is 0. The average Bonchev–Trinajstić information content (AvgIpc) is 2.31. The Hall–Kier alpha value is -1.52. The normalized spacial score (nSPS) is 23.6. The van der Waals surface area contributed by atoms with Crippen LogP contribution in [0.2, 0.25) is 0 Å². The Bertz CT molecular complexity index is 408. The summed E-state index contributed by atoms with van der Waals surface area (Å²) < 4.78 is 5.87. The zero-order valence-electron chi connectivity index (χ0n) is 9.52. The first-order chi connectivity index (χ1) is 7.88. The van der Waals surface area contributed by atoms with Crippen molar-refractivity contribution in [1.29, 1.82) is 0 Å². The molecule has 0 unspecified atom stereocenters. The molecule has 1 aliphatic heterocycles. The van der Waals surface area contributed by atoms with E-state index in [9.17, 15) is 0 Å². The molecule has 82 valence electrons. The summed E-state index contributed by atoms with van der Waals surface area (Å²) >= 11 is 0. The highest BCUT2D eigenvalue weighted by Gasteiger charge is 2.16. The van der Waals surface area contributed by atoms with Crippen LogP contribution >= 0.6 is 0 Å². The Balaban J connectivity index is 1.96. The van der Waals surface area contributed by atoms with Crippen LogP contribution in [0, 0.1) is 11.8 Å². The van der Waals surface area contributed by atoms with Gasteiger partial charge in [-0.05, 0) is 31.4 Å². The van der Waals surface area contributed by atoms with Gasteiger partial charge in [0.15, 0.2) is 0 Å². The number of ether oxygens (including phenoxy) is 1. The lowest BCUT2D eigenvalue weighted by atomic mass is 10.0. The number of benzene rings is 1. The third kappa shape index (κ3) is 2.98. The first kappa shape index (κ1) is 11.0. The predicted molar refractivity (Wildman–Crippen MR) is 66.0 cm³/mol. The summed E-state index contributed by atoms with van der Waals surface area (Å²) in [7, 11) is 0. The minimum absolute atomic E-state index is 0.0209. The Labute approximate surface area is 97.1 Å². The van der Waals surface area contributed by atoms with Crippen molar-refractivity contribution in [3.63, 3.8) is 0 Å². The highest BCUT2D eigenvalue weighted by Crippen LogP contribution is 2.16. The highest BCUT2D eigenvalue weighted by atomic mass is 16.5. The first-order valence-electron chi connectivity index (χ1n) is 5.67. The van der Waals surface area contributed by atoms with Crippen LogP contribution in [0.15, 0.2) is 42.5 Å². The van der Waals surface area contributed by atoms with Crippen LogP contribution in [0.25, 0.3) is 0 Å². The van der Waals surface area contributed by atoms with Gasteiger partial charge in [-0.15, -0.1) is 5.92 Å². The quantitative estimate of drug-likeness (QED) is 0.541. The Kier molecular flexibility index (Phi) is 3.80. The van der Waals surface area contributed by atoms with Gasteiger partial charge in [0.05, 0.1) is 6.10 Å². The SMILES string of the molecule is CC#C[C@@H]1C=CC[C@@H](Cc2ccccc2)O1. The molecule has 1 aromatic carbocycles. The lowest BCUT2D eigenvalue weighted by Crippen LogP contribution is -2.24. The topological polar surface area (TPSA) is 9.23 Å². The van der Waals surface area contributed by atoms with Crippen LogP contribution in [-0.2, 0) is 11.2 Å². The van der Waals surface area contributed by atoms with Crippen molar-refractivity contribution < 1.29 is 4.74 Å². The van der Waals surface area contributed by atoms with Crippen molar-refractivity contribution >= 4 is 0 Å². The monoisotopic (exact) mass is 212 g/mol. The third-order valence-corrected chi connectivity index (χ3v) is 2.64. The van der Waals surface area contributed by atoms with Gasteiger partial charge in [-0.25, -0.2) is 0 Å². The maximum atomic E-state index is 5.87. The molecule has 16 heavy (non-hydrogen) atoms. The minimum atomic E-state index is -0.0209. The molecule has 1 heterocycles. The van der Waals surface area contributed by atoms with Crippen molar-refractivity contribution in [2.75, 3.05) is 0 Å². The fourth-order valence-electron chi connectivity index (χ4n) is 1.90. The molecule has 0 saturated heterocycles. The summed E-state index contributed by atoms with van der Waals surface area (Å²) in [5, 5.41) is 0. The number of rotatable bonds is 2. The maximum absolute atomic E-state index is 5.87. The fourth-order valence-corrected chi connectivity index (χ4v) is 1.90. The van der Waals surface area contributed by atoms with Gasteiger partial charge in [0.1, 0.15) is 6.10 Å². The molecule has 0 N–H and O–H groups in total. The molecule has 1 nitrogen and oxygen atoms in total. The Morgan fingerprint density at radius 1 is 1.31 bits per heavy atom.